The molecule has 0 aliphatic carbocycles. The molecule has 1 atom stereocenters. The predicted molar refractivity (Wildman–Crippen MR) is 46.4 cm³/mol. The third-order valence-corrected chi connectivity index (χ3v) is 2.31. The Labute approximate surface area is 68.4 Å². The van der Waals surface area contributed by atoms with Gasteiger partial charge in [-0.15, -0.1) is 0 Å². The van der Waals surface area contributed by atoms with Gasteiger partial charge in [-0.3, -0.25) is 0 Å². The summed E-state index contributed by atoms with van der Waals surface area (Å²) in [6.07, 6.45) is 4.12. The van der Waals surface area contributed by atoms with Crippen LogP contribution in [0, 0.1) is 5.92 Å². The molecule has 3 nitrogen and oxygen atoms in total. The zero-order chi connectivity index (χ0) is 8.48. The first kappa shape index (κ1) is 8.56. The van der Waals surface area contributed by atoms with Crippen LogP contribution in [0.2, 0.25) is 0 Å². The first-order valence-corrected chi connectivity index (χ1v) is 4.00. The van der Waals surface area contributed by atoms with Gasteiger partial charge in [0.15, 0.2) is 0 Å². The maximum absolute atomic E-state index is 3.33. The fraction of sp³-hybridized carbons (Fsp3) is 0.750. The first-order chi connectivity index (χ1) is 5.04. The maximum atomic E-state index is 3.33. The van der Waals surface area contributed by atoms with Gasteiger partial charge in [-0.25, -0.2) is 5.43 Å². The van der Waals surface area contributed by atoms with E-state index in [0.717, 1.165) is 0 Å². The van der Waals surface area contributed by atoms with Gasteiger partial charge < -0.3 is 5.43 Å². The summed E-state index contributed by atoms with van der Waals surface area (Å²) in [4.78, 5) is 0. The average molecular weight is 155 g/mol. The lowest BCUT2D eigenvalue weighted by Crippen LogP contribution is -2.59. The molecule has 2 N–H and O–H groups in total. The highest BCUT2D eigenvalue weighted by atomic mass is 15.7. The largest absolute Gasteiger partial charge is 0.313 e. The van der Waals surface area contributed by atoms with E-state index in [1.165, 1.54) is 0 Å². The first-order valence-electron chi connectivity index (χ1n) is 4.00. The minimum atomic E-state index is 0.0833. The van der Waals surface area contributed by atoms with Gasteiger partial charge >= 0.3 is 0 Å². The highest BCUT2D eigenvalue weighted by molar-refractivity contribution is 5.06. The summed E-state index contributed by atoms with van der Waals surface area (Å²) >= 11 is 0. The molecule has 1 heterocycles. The van der Waals surface area contributed by atoms with Crippen molar-refractivity contribution in [1.29, 1.82) is 0 Å². The van der Waals surface area contributed by atoms with Gasteiger partial charge in [0, 0.05) is 13.2 Å². The molecule has 0 aromatic heterocycles. The molecule has 0 spiro atoms. The number of hydrogen-bond donors (Lipinski definition) is 2. The summed E-state index contributed by atoms with van der Waals surface area (Å²) in [5, 5.41) is 1.88. The van der Waals surface area contributed by atoms with Gasteiger partial charge in [0.05, 0.1) is 5.54 Å². The van der Waals surface area contributed by atoms with E-state index >= 15 is 0 Å². The molecule has 64 valence electrons. The Balaban J connectivity index is 2.71. The van der Waals surface area contributed by atoms with Crippen molar-refractivity contribution in [3.63, 3.8) is 0 Å². The van der Waals surface area contributed by atoms with Crippen molar-refractivity contribution in [1.82, 2.24) is 16.0 Å². The molecule has 0 saturated heterocycles. The van der Waals surface area contributed by atoms with Gasteiger partial charge in [-0.05, 0) is 18.9 Å². The predicted octanol–water partition coefficient (Wildman–Crippen LogP) is 0.869. The lowest BCUT2D eigenvalue weighted by molar-refractivity contribution is 0.0878. The van der Waals surface area contributed by atoms with Crippen LogP contribution in [0.25, 0.3) is 0 Å². The van der Waals surface area contributed by atoms with Crippen LogP contribution in [0.1, 0.15) is 20.8 Å². The molecular formula is C8H17N3. The Hall–Kier alpha value is -0.540. The summed E-state index contributed by atoms with van der Waals surface area (Å²) in [5.74, 6) is 0.586. The molecule has 0 amide bonds. The van der Waals surface area contributed by atoms with Crippen molar-refractivity contribution in [2.75, 3.05) is 7.05 Å². The van der Waals surface area contributed by atoms with E-state index in [1.54, 1.807) is 0 Å². The van der Waals surface area contributed by atoms with E-state index in [1.807, 2.05) is 18.4 Å². The van der Waals surface area contributed by atoms with Crippen molar-refractivity contribution in [2.24, 2.45) is 5.92 Å². The quantitative estimate of drug-likeness (QED) is 0.588. The number of nitrogens with zero attached hydrogens (tertiary/aromatic N) is 1. The Morgan fingerprint density at radius 1 is 1.45 bits per heavy atom. The van der Waals surface area contributed by atoms with Crippen LogP contribution < -0.4 is 10.9 Å². The molecule has 3 heteroatoms. The molecule has 0 radical (unpaired) electrons. The Morgan fingerprint density at radius 2 is 2.09 bits per heavy atom. The summed E-state index contributed by atoms with van der Waals surface area (Å²) in [6.45, 7) is 6.60. The molecule has 0 aromatic rings. The fourth-order valence-corrected chi connectivity index (χ4v) is 1.07. The minimum absolute atomic E-state index is 0.0833. The Morgan fingerprint density at radius 3 is 2.45 bits per heavy atom. The standard InChI is InChI=1S/C8H17N3/c1-7(2)8(3)5-6-9-11(4)10-8/h5-7,9-10H,1-4H3. The van der Waals surface area contributed by atoms with E-state index in [2.05, 4.69) is 37.7 Å². The number of nitrogens with one attached hydrogen (secondary N) is 2. The lowest BCUT2D eigenvalue weighted by atomic mass is 9.89. The normalized spacial score (nSPS) is 32.5. The highest BCUT2D eigenvalue weighted by Crippen LogP contribution is 2.19. The average Bonchev–Trinajstić information content (AvgIpc) is 1.86. The summed E-state index contributed by atoms with van der Waals surface area (Å²) in [5.41, 5.74) is 6.44. The summed E-state index contributed by atoms with van der Waals surface area (Å²) in [6, 6.07) is 0. The Bertz CT molecular complexity index is 165. The Kier molecular flexibility index (Phi) is 2.20. The van der Waals surface area contributed by atoms with Gasteiger partial charge in [0.25, 0.3) is 0 Å². The summed E-state index contributed by atoms with van der Waals surface area (Å²) in [7, 11) is 1.96. The van der Waals surface area contributed by atoms with Gasteiger partial charge in [0.2, 0.25) is 0 Å². The molecule has 1 aliphatic heterocycles. The van der Waals surface area contributed by atoms with Gasteiger partial charge in [0.1, 0.15) is 0 Å². The molecule has 0 aromatic carbocycles. The van der Waals surface area contributed by atoms with Crippen molar-refractivity contribution in [3.8, 4) is 0 Å². The van der Waals surface area contributed by atoms with Crippen molar-refractivity contribution < 1.29 is 0 Å². The molecule has 1 unspecified atom stereocenters. The number of hydrogen-bond acceptors (Lipinski definition) is 3. The van der Waals surface area contributed by atoms with Gasteiger partial charge in [-0.2, -0.15) is 5.12 Å². The van der Waals surface area contributed by atoms with Gasteiger partial charge in [-0.1, -0.05) is 13.8 Å². The van der Waals surface area contributed by atoms with Crippen LogP contribution in [0.15, 0.2) is 12.3 Å². The topological polar surface area (TPSA) is 27.3 Å². The fourth-order valence-electron chi connectivity index (χ4n) is 1.07. The maximum Gasteiger partial charge on any atom is 0.0534 e. The van der Waals surface area contributed by atoms with Crippen LogP contribution >= 0.6 is 0 Å². The molecule has 0 saturated carbocycles. The molecule has 1 rings (SSSR count). The van der Waals surface area contributed by atoms with Crippen LogP contribution in [0.5, 0.6) is 0 Å². The SMILES string of the molecule is CC(C)C1(C)C=CNN(C)N1. The second-order valence-corrected chi connectivity index (χ2v) is 3.57. The number of rotatable bonds is 1. The van der Waals surface area contributed by atoms with Crippen LogP contribution in [-0.2, 0) is 0 Å². The molecular weight excluding hydrogens is 138 g/mol. The van der Waals surface area contributed by atoms with E-state index in [9.17, 15) is 0 Å². The van der Waals surface area contributed by atoms with Crippen molar-refractivity contribution >= 4 is 0 Å². The zero-order valence-corrected chi connectivity index (χ0v) is 7.68. The number of hydrazine groups is 2. The van der Waals surface area contributed by atoms with Crippen LogP contribution in [-0.4, -0.2) is 17.7 Å². The monoisotopic (exact) mass is 155 g/mol. The molecule has 1 aliphatic rings. The molecule has 11 heavy (non-hydrogen) atoms. The van der Waals surface area contributed by atoms with E-state index < -0.39 is 0 Å². The second-order valence-electron chi connectivity index (χ2n) is 3.57. The molecule has 0 fully saturated rings. The van der Waals surface area contributed by atoms with Crippen molar-refractivity contribution in [3.05, 3.63) is 12.3 Å². The second kappa shape index (κ2) is 2.83. The van der Waals surface area contributed by atoms with Crippen LogP contribution in [0.4, 0.5) is 0 Å². The van der Waals surface area contributed by atoms with E-state index in [0.29, 0.717) is 5.92 Å². The highest BCUT2D eigenvalue weighted by Gasteiger charge is 2.28. The smallest absolute Gasteiger partial charge is 0.0534 e. The minimum Gasteiger partial charge on any atom is -0.313 e. The third-order valence-electron chi connectivity index (χ3n) is 2.31. The van der Waals surface area contributed by atoms with E-state index in [-0.39, 0.29) is 5.54 Å². The lowest BCUT2D eigenvalue weighted by Gasteiger charge is -2.39. The van der Waals surface area contributed by atoms with Crippen LogP contribution in [0.3, 0.4) is 0 Å². The van der Waals surface area contributed by atoms with E-state index in [4.69, 9.17) is 0 Å². The van der Waals surface area contributed by atoms with Crippen molar-refractivity contribution in [2.45, 2.75) is 26.3 Å². The third kappa shape index (κ3) is 1.73. The summed E-state index contributed by atoms with van der Waals surface area (Å²) < 4.78 is 0. The molecule has 0 bridgehead atoms. The zero-order valence-electron chi connectivity index (χ0n) is 7.68.